The van der Waals surface area contributed by atoms with Gasteiger partial charge in [-0.2, -0.15) is 5.10 Å². The maximum absolute atomic E-state index is 8.78. The van der Waals surface area contributed by atoms with E-state index in [1.165, 1.54) is 0 Å². The number of hydrogen-bond acceptors (Lipinski definition) is 3. The van der Waals surface area contributed by atoms with Gasteiger partial charge in [-0.3, -0.25) is 5.10 Å². The number of aromatic nitrogens is 2. The van der Waals surface area contributed by atoms with Crippen molar-refractivity contribution in [2.75, 3.05) is 13.2 Å². The topological polar surface area (TPSA) is 74.9 Å². The van der Waals surface area contributed by atoms with Crippen molar-refractivity contribution in [2.24, 2.45) is 5.73 Å². The van der Waals surface area contributed by atoms with Crippen molar-refractivity contribution in [1.29, 1.82) is 0 Å². The molecule has 4 nitrogen and oxygen atoms in total. The lowest BCUT2D eigenvalue weighted by molar-refractivity contribution is 0.268. The minimum absolute atomic E-state index is 0.0266. The maximum atomic E-state index is 8.78. The van der Waals surface area contributed by atoms with Crippen LogP contribution in [0.2, 0.25) is 0 Å². The maximum Gasteiger partial charge on any atom is 0.0523 e. The van der Waals surface area contributed by atoms with Gasteiger partial charge < -0.3 is 10.8 Å². The first-order valence-corrected chi connectivity index (χ1v) is 3.18. The molecule has 1 atom stereocenters. The number of aliphatic hydroxyl groups excluding tert-OH is 1. The van der Waals surface area contributed by atoms with Gasteiger partial charge in [-0.05, 0) is 5.56 Å². The summed E-state index contributed by atoms with van der Waals surface area (Å²) in [5, 5.41) is 15.2. The predicted octanol–water partition coefficient (Wildman–Crippen LogP) is -0.556. The molecular weight excluding hydrogens is 130 g/mol. The molecule has 0 saturated heterocycles. The summed E-state index contributed by atoms with van der Waals surface area (Å²) in [5.41, 5.74) is 6.34. The average molecular weight is 141 g/mol. The third-order valence-electron chi connectivity index (χ3n) is 1.50. The predicted molar refractivity (Wildman–Crippen MR) is 37.5 cm³/mol. The molecule has 0 saturated carbocycles. The Kier molecular flexibility index (Phi) is 2.42. The highest BCUT2D eigenvalue weighted by molar-refractivity contribution is 5.10. The van der Waals surface area contributed by atoms with Gasteiger partial charge in [-0.15, -0.1) is 0 Å². The molecule has 0 spiro atoms. The molecule has 10 heavy (non-hydrogen) atoms. The normalized spacial score (nSPS) is 13.4. The summed E-state index contributed by atoms with van der Waals surface area (Å²) in [6, 6.07) is 0. The van der Waals surface area contributed by atoms with Gasteiger partial charge in [-0.1, -0.05) is 0 Å². The van der Waals surface area contributed by atoms with Gasteiger partial charge in [0.05, 0.1) is 12.8 Å². The molecule has 0 aliphatic carbocycles. The van der Waals surface area contributed by atoms with Crippen LogP contribution in [-0.4, -0.2) is 28.5 Å². The van der Waals surface area contributed by atoms with E-state index in [1.807, 2.05) is 0 Å². The summed E-state index contributed by atoms with van der Waals surface area (Å²) < 4.78 is 0. The molecule has 1 aromatic rings. The second-order valence-electron chi connectivity index (χ2n) is 2.15. The van der Waals surface area contributed by atoms with Crippen molar-refractivity contribution in [1.82, 2.24) is 10.2 Å². The molecule has 0 amide bonds. The van der Waals surface area contributed by atoms with Crippen LogP contribution < -0.4 is 5.73 Å². The van der Waals surface area contributed by atoms with Crippen LogP contribution in [0, 0.1) is 0 Å². The van der Waals surface area contributed by atoms with Crippen molar-refractivity contribution in [3.05, 3.63) is 18.0 Å². The SMILES string of the molecule is NCC(CO)c1cn[nH]c1. The van der Waals surface area contributed by atoms with Crippen molar-refractivity contribution in [3.8, 4) is 0 Å². The number of aromatic amines is 1. The third kappa shape index (κ3) is 1.34. The summed E-state index contributed by atoms with van der Waals surface area (Å²) >= 11 is 0. The Balaban J connectivity index is 2.64. The molecule has 1 unspecified atom stereocenters. The highest BCUT2D eigenvalue weighted by atomic mass is 16.3. The highest BCUT2D eigenvalue weighted by Gasteiger charge is 2.07. The van der Waals surface area contributed by atoms with Crippen LogP contribution in [0.5, 0.6) is 0 Å². The minimum atomic E-state index is 0.0266. The first-order chi connectivity index (χ1) is 4.88. The molecule has 0 aromatic carbocycles. The first kappa shape index (κ1) is 7.24. The zero-order chi connectivity index (χ0) is 7.40. The molecule has 4 N–H and O–H groups in total. The van der Waals surface area contributed by atoms with Crippen LogP contribution in [0.3, 0.4) is 0 Å². The quantitative estimate of drug-likeness (QED) is 0.528. The van der Waals surface area contributed by atoms with E-state index in [9.17, 15) is 0 Å². The van der Waals surface area contributed by atoms with Crippen LogP contribution in [0.4, 0.5) is 0 Å². The molecule has 1 aromatic heterocycles. The molecule has 0 fully saturated rings. The van der Waals surface area contributed by atoms with Gasteiger partial charge >= 0.3 is 0 Å². The van der Waals surface area contributed by atoms with Gasteiger partial charge in [0.25, 0.3) is 0 Å². The molecule has 56 valence electrons. The van der Waals surface area contributed by atoms with E-state index in [0.717, 1.165) is 5.56 Å². The molecule has 0 aliphatic rings. The van der Waals surface area contributed by atoms with E-state index < -0.39 is 0 Å². The number of H-pyrrole nitrogens is 1. The first-order valence-electron chi connectivity index (χ1n) is 3.18. The molecule has 1 heterocycles. The van der Waals surface area contributed by atoms with Crippen LogP contribution in [-0.2, 0) is 0 Å². The van der Waals surface area contributed by atoms with E-state index in [1.54, 1.807) is 12.4 Å². The van der Waals surface area contributed by atoms with Crippen molar-refractivity contribution >= 4 is 0 Å². The van der Waals surface area contributed by atoms with E-state index >= 15 is 0 Å². The third-order valence-corrected chi connectivity index (χ3v) is 1.50. The lowest BCUT2D eigenvalue weighted by atomic mass is 10.1. The summed E-state index contributed by atoms with van der Waals surface area (Å²) in [6.07, 6.45) is 3.42. The zero-order valence-electron chi connectivity index (χ0n) is 5.62. The highest BCUT2D eigenvalue weighted by Crippen LogP contribution is 2.09. The van der Waals surface area contributed by atoms with Gasteiger partial charge in [0.1, 0.15) is 0 Å². The Labute approximate surface area is 59.1 Å². The Morgan fingerprint density at radius 2 is 2.60 bits per heavy atom. The Morgan fingerprint density at radius 1 is 1.80 bits per heavy atom. The van der Waals surface area contributed by atoms with Crippen molar-refractivity contribution in [2.45, 2.75) is 5.92 Å². The fraction of sp³-hybridized carbons (Fsp3) is 0.500. The second kappa shape index (κ2) is 3.34. The number of nitrogens with two attached hydrogens (primary N) is 1. The van der Waals surface area contributed by atoms with Gasteiger partial charge in [0.15, 0.2) is 0 Å². The smallest absolute Gasteiger partial charge is 0.0523 e. The van der Waals surface area contributed by atoms with E-state index in [2.05, 4.69) is 10.2 Å². The summed E-state index contributed by atoms with van der Waals surface area (Å²) in [5.74, 6) is 0.0266. The van der Waals surface area contributed by atoms with Gasteiger partial charge in [-0.25, -0.2) is 0 Å². The Morgan fingerprint density at radius 3 is 3.00 bits per heavy atom. The largest absolute Gasteiger partial charge is 0.396 e. The van der Waals surface area contributed by atoms with Crippen molar-refractivity contribution < 1.29 is 5.11 Å². The molecule has 1 rings (SSSR count). The summed E-state index contributed by atoms with van der Waals surface area (Å²) in [7, 11) is 0. The number of nitrogens with one attached hydrogen (secondary N) is 1. The van der Waals surface area contributed by atoms with E-state index in [4.69, 9.17) is 10.8 Å². The molecule has 0 bridgehead atoms. The van der Waals surface area contributed by atoms with Crippen molar-refractivity contribution in [3.63, 3.8) is 0 Å². The number of nitrogens with zero attached hydrogens (tertiary/aromatic N) is 1. The lowest BCUT2D eigenvalue weighted by Gasteiger charge is -2.06. The zero-order valence-corrected chi connectivity index (χ0v) is 5.62. The van der Waals surface area contributed by atoms with Crippen LogP contribution in [0.1, 0.15) is 11.5 Å². The molecule has 0 aliphatic heterocycles. The molecular formula is C6H11N3O. The summed E-state index contributed by atoms with van der Waals surface area (Å²) in [4.78, 5) is 0. The van der Waals surface area contributed by atoms with E-state index in [0.29, 0.717) is 6.54 Å². The summed E-state index contributed by atoms with van der Waals surface area (Å²) in [6.45, 7) is 0.534. The lowest BCUT2D eigenvalue weighted by Crippen LogP contribution is -2.15. The Hall–Kier alpha value is -0.870. The average Bonchev–Trinajstić information content (AvgIpc) is 2.43. The molecule has 0 radical (unpaired) electrons. The van der Waals surface area contributed by atoms with Crippen LogP contribution in [0.25, 0.3) is 0 Å². The van der Waals surface area contributed by atoms with Gasteiger partial charge in [0, 0.05) is 18.7 Å². The van der Waals surface area contributed by atoms with Gasteiger partial charge in [0.2, 0.25) is 0 Å². The van der Waals surface area contributed by atoms with Crippen LogP contribution >= 0.6 is 0 Å². The minimum Gasteiger partial charge on any atom is -0.396 e. The monoisotopic (exact) mass is 141 g/mol. The standard InChI is InChI=1S/C6H11N3O/c7-1-5(4-10)6-2-8-9-3-6/h2-3,5,10H,1,4,7H2,(H,8,9). The fourth-order valence-corrected chi connectivity index (χ4v) is 0.800. The Bertz CT molecular complexity index is 169. The second-order valence-corrected chi connectivity index (χ2v) is 2.15. The fourth-order valence-electron chi connectivity index (χ4n) is 0.800. The van der Waals surface area contributed by atoms with E-state index in [-0.39, 0.29) is 12.5 Å². The van der Waals surface area contributed by atoms with Crippen LogP contribution in [0.15, 0.2) is 12.4 Å². The number of aliphatic hydroxyl groups is 1. The number of rotatable bonds is 3. The number of hydrogen-bond donors (Lipinski definition) is 3. The molecule has 4 heteroatoms.